The summed E-state index contributed by atoms with van der Waals surface area (Å²) < 4.78 is 16.3. The smallest absolute Gasteiger partial charge is 0.334 e. The molecule has 0 heterocycles. The summed E-state index contributed by atoms with van der Waals surface area (Å²) in [6.07, 6.45) is 0.534. The van der Waals surface area contributed by atoms with Crippen LogP contribution < -0.4 is 0 Å². The van der Waals surface area contributed by atoms with Gasteiger partial charge in [0.2, 0.25) is 0 Å². The zero-order chi connectivity index (χ0) is 11.7. The van der Waals surface area contributed by atoms with Gasteiger partial charge in [-0.15, -0.1) is 0 Å². The summed E-state index contributed by atoms with van der Waals surface area (Å²) in [5.74, 6) is 0. The van der Waals surface area contributed by atoms with Crippen LogP contribution >= 0.6 is 0 Å². The lowest BCUT2D eigenvalue weighted by atomic mass is 10.4. The molecule has 0 aromatic carbocycles. The molecule has 1 N–H and O–H groups in total. The normalized spacial score (nSPS) is 17.4. The molecule has 0 fully saturated rings. The van der Waals surface area contributed by atoms with E-state index in [0.717, 1.165) is 12.5 Å². The van der Waals surface area contributed by atoms with Crippen molar-refractivity contribution in [3.8, 4) is 0 Å². The lowest BCUT2D eigenvalue weighted by Crippen LogP contribution is -2.37. The number of ether oxygens (including phenoxy) is 1. The molecule has 0 aromatic heterocycles. The highest BCUT2D eigenvalue weighted by molar-refractivity contribution is 6.65. The van der Waals surface area contributed by atoms with Crippen molar-refractivity contribution in [3.63, 3.8) is 0 Å². The summed E-state index contributed by atoms with van der Waals surface area (Å²) in [5, 5.41) is 8.98. The Labute approximate surface area is 93.8 Å². The first kappa shape index (κ1) is 15.1. The molecule has 0 bridgehead atoms. The van der Waals surface area contributed by atoms with E-state index in [1.165, 1.54) is 0 Å². The van der Waals surface area contributed by atoms with E-state index in [1.807, 2.05) is 6.92 Å². The van der Waals surface area contributed by atoms with Crippen LogP contribution in [0.5, 0.6) is 0 Å². The van der Waals surface area contributed by atoms with Gasteiger partial charge in [0, 0.05) is 20.3 Å². The van der Waals surface area contributed by atoms with Crippen LogP contribution in [0, 0.1) is 0 Å². The molecule has 0 spiro atoms. The third kappa shape index (κ3) is 7.93. The van der Waals surface area contributed by atoms with E-state index in [-0.39, 0.29) is 6.10 Å². The van der Waals surface area contributed by atoms with E-state index in [4.69, 9.17) is 18.7 Å². The minimum absolute atomic E-state index is 0.386. The zero-order valence-corrected chi connectivity index (χ0v) is 11.3. The minimum atomic E-state index is -1.94. The number of aliphatic hydroxyl groups is 1. The van der Waals surface area contributed by atoms with Gasteiger partial charge in [-0.3, -0.25) is 0 Å². The maximum Gasteiger partial charge on any atom is 0.334 e. The molecule has 0 saturated heterocycles. The second-order valence-corrected chi connectivity index (χ2v) is 7.26. The van der Waals surface area contributed by atoms with Gasteiger partial charge in [-0.2, -0.15) is 0 Å². The second-order valence-electron chi connectivity index (χ2n) is 3.80. The van der Waals surface area contributed by atoms with Crippen molar-refractivity contribution in [1.82, 2.24) is 0 Å². The number of aliphatic hydroxyl groups excluding tert-OH is 1. The van der Waals surface area contributed by atoms with Crippen molar-refractivity contribution in [2.45, 2.75) is 39.0 Å². The first-order valence-corrected chi connectivity index (χ1v) is 8.01. The molecule has 5 heteroatoms. The summed E-state index contributed by atoms with van der Waals surface area (Å²) in [7, 11) is -0.236. The topological polar surface area (TPSA) is 47.9 Å². The molecule has 2 atom stereocenters. The highest BCUT2D eigenvalue weighted by Crippen LogP contribution is 2.14. The minimum Gasteiger partial charge on any atom is -0.398 e. The molecule has 0 aliphatic rings. The molecular formula is C10H24O4Si. The van der Waals surface area contributed by atoms with Crippen LogP contribution in [0.2, 0.25) is 12.6 Å². The monoisotopic (exact) mass is 236 g/mol. The Kier molecular flexibility index (Phi) is 8.27. The van der Waals surface area contributed by atoms with E-state index in [0.29, 0.717) is 19.8 Å². The Morgan fingerprint density at radius 3 is 2.53 bits per heavy atom. The Bertz CT molecular complexity index is 154. The summed E-state index contributed by atoms with van der Waals surface area (Å²) >= 11 is 0. The third-order valence-corrected chi connectivity index (χ3v) is 5.18. The van der Waals surface area contributed by atoms with Crippen molar-refractivity contribution in [1.29, 1.82) is 0 Å². The van der Waals surface area contributed by atoms with Crippen LogP contribution in [0.25, 0.3) is 0 Å². The SMILES string of the molecule is CCO[Si](C)(CCCOCC(C)O)OC. The molecule has 0 amide bonds. The Hall–Kier alpha value is 0.0569. The van der Waals surface area contributed by atoms with E-state index in [9.17, 15) is 0 Å². The maximum atomic E-state index is 8.98. The lowest BCUT2D eigenvalue weighted by Gasteiger charge is -2.24. The van der Waals surface area contributed by atoms with E-state index in [2.05, 4.69) is 6.55 Å². The Balaban J connectivity index is 3.54. The highest BCUT2D eigenvalue weighted by atomic mass is 28.4. The molecule has 0 saturated carbocycles. The Morgan fingerprint density at radius 2 is 2.07 bits per heavy atom. The zero-order valence-electron chi connectivity index (χ0n) is 10.3. The van der Waals surface area contributed by atoms with Gasteiger partial charge in [0.05, 0.1) is 12.7 Å². The highest BCUT2D eigenvalue weighted by Gasteiger charge is 2.28. The van der Waals surface area contributed by atoms with Crippen molar-refractivity contribution in [3.05, 3.63) is 0 Å². The van der Waals surface area contributed by atoms with Gasteiger partial charge in [-0.05, 0) is 32.9 Å². The molecule has 0 aliphatic carbocycles. The average molecular weight is 236 g/mol. The van der Waals surface area contributed by atoms with Gasteiger partial charge in [-0.1, -0.05) is 0 Å². The van der Waals surface area contributed by atoms with Gasteiger partial charge < -0.3 is 18.7 Å². The predicted octanol–water partition coefficient (Wildman–Crippen LogP) is 1.53. The standard InChI is InChI=1S/C10H24O4Si/c1-5-14-15(4,12-3)8-6-7-13-9-10(2)11/h10-11H,5-9H2,1-4H3. The van der Waals surface area contributed by atoms with Gasteiger partial charge >= 0.3 is 8.56 Å². The van der Waals surface area contributed by atoms with Crippen LogP contribution in [-0.2, 0) is 13.6 Å². The molecule has 15 heavy (non-hydrogen) atoms. The first-order chi connectivity index (χ1) is 7.04. The fourth-order valence-electron chi connectivity index (χ4n) is 1.29. The van der Waals surface area contributed by atoms with Gasteiger partial charge in [0.1, 0.15) is 0 Å². The molecule has 4 nitrogen and oxygen atoms in total. The van der Waals surface area contributed by atoms with Crippen LogP contribution in [-0.4, -0.2) is 46.7 Å². The molecule has 0 rings (SSSR count). The van der Waals surface area contributed by atoms with Crippen molar-refractivity contribution < 1.29 is 18.7 Å². The maximum absolute atomic E-state index is 8.98. The summed E-state index contributed by atoms with van der Waals surface area (Å²) in [5.41, 5.74) is 0. The molecule has 2 unspecified atom stereocenters. The largest absolute Gasteiger partial charge is 0.398 e. The van der Waals surface area contributed by atoms with Crippen LogP contribution in [0.1, 0.15) is 20.3 Å². The summed E-state index contributed by atoms with van der Waals surface area (Å²) in [4.78, 5) is 0. The van der Waals surface area contributed by atoms with Crippen LogP contribution in [0.15, 0.2) is 0 Å². The number of rotatable bonds is 9. The quantitative estimate of drug-likeness (QED) is 0.487. The molecular weight excluding hydrogens is 212 g/mol. The predicted molar refractivity (Wildman–Crippen MR) is 62.2 cm³/mol. The Morgan fingerprint density at radius 1 is 1.40 bits per heavy atom. The first-order valence-electron chi connectivity index (χ1n) is 5.49. The van der Waals surface area contributed by atoms with Gasteiger partial charge in [0.15, 0.2) is 0 Å². The van der Waals surface area contributed by atoms with Gasteiger partial charge in [0.25, 0.3) is 0 Å². The van der Waals surface area contributed by atoms with E-state index < -0.39 is 8.56 Å². The molecule has 0 aromatic rings. The summed E-state index contributed by atoms with van der Waals surface area (Å²) in [6, 6.07) is 0.928. The van der Waals surface area contributed by atoms with Crippen molar-refractivity contribution in [2.75, 3.05) is 26.9 Å². The van der Waals surface area contributed by atoms with E-state index >= 15 is 0 Å². The average Bonchev–Trinajstić information content (AvgIpc) is 2.17. The molecule has 0 aliphatic heterocycles. The number of hydrogen-bond acceptors (Lipinski definition) is 4. The van der Waals surface area contributed by atoms with Crippen molar-refractivity contribution >= 4 is 8.56 Å². The summed E-state index contributed by atoms with van der Waals surface area (Å²) in [6.45, 7) is 7.52. The number of hydrogen-bond donors (Lipinski definition) is 1. The fourth-order valence-corrected chi connectivity index (χ4v) is 3.15. The molecule has 92 valence electrons. The third-order valence-electron chi connectivity index (χ3n) is 2.16. The van der Waals surface area contributed by atoms with Crippen LogP contribution in [0.3, 0.4) is 0 Å². The van der Waals surface area contributed by atoms with Crippen LogP contribution in [0.4, 0.5) is 0 Å². The van der Waals surface area contributed by atoms with E-state index in [1.54, 1.807) is 14.0 Å². The van der Waals surface area contributed by atoms with Gasteiger partial charge in [-0.25, -0.2) is 0 Å². The second kappa shape index (κ2) is 8.24. The molecule has 0 radical (unpaired) electrons. The van der Waals surface area contributed by atoms with Crippen molar-refractivity contribution in [2.24, 2.45) is 0 Å². The fraction of sp³-hybridized carbons (Fsp3) is 1.00. The lowest BCUT2D eigenvalue weighted by molar-refractivity contribution is 0.0457.